The number of rotatable bonds is 10. The zero-order chi connectivity index (χ0) is 28.3. The Balaban J connectivity index is 1.56. The summed E-state index contributed by atoms with van der Waals surface area (Å²) in [6.07, 6.45) is 2.23. The molecule has 4 aromatic rings. The second-order valence-corrected chi connectivity index (χ2v) is 12.5. The number of aliphatic carboxylic acids is 1. The van der Waals surface area contributed by atoms with Crippen LogP contribution in [0.4, 0.5) is 0 Å². The van der Waals surface area contributed by atoms with E-state index in [-0.39, 0.29) is 26.9 Å². The molecule has 1 aromatic heterocycles. The van der Waals surface area contributed by atoms with Crippen molar-refractivity contribution < 1.29 is 27.9 Å². The summed E-state index contributed by atoms with van der Waals surface area (Å²) in [7, 11) is -1.87. The van der Waals surface area contributed by atoms with Gasteiger partial charge in [0.15, 0.2) is 9.84 Å². The second kappa shape index (κ2) is 11.9. The Labute approximate surface area is 239 Å². The number of hydrogen-bond acceptors (Lipinski definition) is 7. The van der Waals surface area contributed by atoms with Gasteiger partial charge in [0.2, 0.25) is 0 Å². The van der Waals surface area contributed by atoms with E-state index in [4.69, 9.17) is 27.9 Å². The molecule has 0 fully saturated rings. The van der Waals surface area contributed by atoms with Gasteiger partial charge in [0, 0.05) is 18.1 Å². The molecule has 0 radical (unpaired) electrons. The normalized spacial score (nSPS) is 12.3. The SMILES string of the molecule is COc1cccc(CCc2nsc3c(Cl)c(C(=O)N[C@@H](Cc4cccc(S(C)(=O)=O)c4)C(=O)O)c(Cl)cc23)c1. The first-order chi connectivity index (χ1) is 18.5. The number of nitrogens with one attached hydrogen (secondary N) is 1. The van der Waals surface area contributed by atoms with Crippen molar-refractivity contribution in [3.8, 4) is 5.75 Å². The smallest absolute Gasteiger partial charge is 0.326 e. The molecule has 0 aliphatic rings. The number of aromatic nitrogens is 1. The molecular weight excluding hydrogens is 583 g/mol. The summed E-state index contributed by atoms with van der Waals surface area (Å²) >= 11 is 14.2. The lowest BCUT2D eigenvalue weighted by Gasteiger charge is -2.16. The fourth-order valence-electron chi connectivity index (χ4n) is 4.10. The van der Waals surface area contributed by atoms with Gasteiger partial charge in [-0.05, 0) is 65.8 Å². The number of benzene rings is 3. The number of aryl methyl sites for hydroxylation is 2. The third-order valence-electron chi connectivity index (χ3n) is 6.11. The molecule has 4 rings (SSSR count). The number of halogens is 2. The molecule has 0 saturated carbocycles. The number of fused-ring (bicyclic) bond motifs is 1. The summed E-state index contributed by atoms with van der Waals surface area (Å²) < 4.78 is 34.1. The molecule has 0 bridgehead atoms. The second-order valence-electron chi connectivity index (χ2n) is 8.89. The number of hydrogen-bond donors (Lipinski definition) is 2. The van der Waals surface area contributed by atoms with Crippen molar-refractivity contribution in [1.29, 1.82) is 0 Å². The van der Waals surface area contributed by atoms with Gasteiger partial charge in [-0.2, -0.15) is 4.37 Å². The zero-order valence-corrected chi connectivity index (χ0v) is 24.0. The molecule has 0 aliphatic heterocycles. The van der Waals surface area contributed by atoms with Gasteiger partial charge in [-0.3, -0.25) is 4.79 Å². The maximum Gasteiger partial charge on any atom is 0.326 e. The van der Waals surface area contributed by atoms with Crippen LogP contribution in [0, 0.1) is 0 Å². The maximum atomic E-state index is 13.2. The lowest BCUT2D eigenvalue weighted by atomic mass is 10.0. The molecule has 1 atom stereocenters. The van der Waals surface area contributed by atoms with Crippen LogP contribution in [0.5, 0.6) is 5.75 Å². The van der Waals surface area contributed by atoms with Crippen LogP contribution in [-0.2, 0) is 33.9 Å². The van der Waals surface area contributed by atoms with Crippen LogP contribution in [0.3, 0.4) is 0 Å². The van der Waals surface area contributed by atoms with E-state index < -0.39 is 27.8 Å². The highest BCUT2D eigenvalue weighted by molar-refractivity contribution is 7.90. The van der Waals surface area contributed by atoms with Crippen molar-refractivity contribution in [2.24, 2.45) is 0 Å². The van der Waals surface area contributed by atoms with Crippen LogP contribution < -0.4 is 10.1 Å². The fourth-order valence-corrected chi connectivity index (χ4v) is 6.37. The van der Waals surface area contributed by atoms with Crippen molar-refractivity contribution in [3.05, 3.63) is 87.0 Å². The quantitative estimate of drug-likeness (QED) is 0.253. The Morgan fingerprint density at radius 2 is 1.79 bits per heavy atom. The first kappa shape index (κ1) is 28.8. The lowest BCUT2D eigenvalue weighted by molar-refractivity contribution is -0.139. The number of ether oxygens (including phenoxy) is 1. The molecule has 3 aromatic carbocycles. The topological polar surface area (TPSA) is 123 Å². The molecule has 0 spiro atoms. The Morgan fingerprint density at radius 1 is 1.08 bits per heavy atom. The first-order valence-electron chi connectivity index (χ1n) is 11.7. The number of carboxylic acids is 1. The van der Waals surface area contributed by atoms with Gasteiger partial charge in [-0.15, -0.1) is 0 Å². The first-order valence-corrected chi connectivity index (χ1v) is 15.1. The lowest BCUT2D eigenvalue weighted by Crippen LogP contribution is -2.42. The summed E-state index contributed by atoms with van der Waals surface area (Å²) in [5, 5.41) is 13.1. The van der Waals surface area contributed by atoms with Crippen molar-refractivity contribution in [3.63, 3.8) is 0 Å². The van der Waals surface area contributed by atoms with Crippen LogP contribution >= 0.6 is 34.7 Å². The van der Waals surface area contributed by atoms with Gasteiger partial charge in [0.25, 0.3) is 5.91 Å². The van der Waals surface area contributed by atoms with Gasteiger partial charge >= 0.3 is 5.97 Å². The van der Waals surface area contributed by atoms with E-state index in [1.54, 1.807) is 19.2 Å². The Kier molecular flexibility index (Phi) is 8.80. The summed E-state index contributed by atoms with van der Waals surface area (Å²) in [5.41, 5.74) is 2.24. The molecule has 0 aliphatic carbocycles. The summed E-state index contributed by atoms with van der Waals surface area (Å²) in [6, 6.07) is 13.9. The van der Waals surface area contributed by atoms with E-state index in [1.807, 2.05) is 24.3 Å². The monoisotopic (exact) mass is 606 g/mol. The summed E-state index contributed by atoms with van der Waals surface area (Å²) in [6.45, 7) is 0. The Bertz CT molecular complexity index is 1670. The highest BCUT2D eigenvalue weighted by Gasteiger charge is 2.26. The third kappa shape index (κ3) is 6.70. The van der Waals surface area contributed by atoms with Gasteiger partial charge < -0.3 is 15.2 Å². The van der Waals surface area contributed by atoms with E-state index in [2.05, 4.69) is 9.69 Å². The molecule has 2 N–H and O–H groups in total. The van der Waals surface area contributed by atoms with Crippen LogP contribution in [0.25, 0.3) is 10.1 Å². The minimum atomic E-state index is -3.48. The van der Waals surface area contributed by atoms with Crippen molar-refractivity contribution in [1.82, 2.24) is 9.69 Å². The fraction of sp³-hybridized carbons (Fsp3) is 0.222. The molecule has 204 valence electrons. The average Bonchev–Trinajstić information content (AvgIpc) is 3.29. The molecule has 1 amide bonds. The van der Waals surface area contributed by atoms with Gasteiger partial charge in [0.1, 0.15) is 11.8 Å². The third-order valence-corrected chi connectivity index (χ3v) is 8.93. The number of carboxylic acid groups (broad SMARTS) is 1. The van der Waals surface area contributed by atoms with E-state index in [0.717, 1.165) is 40.2 Å². The van der Waals surface area contributed by atoms with Gasteiger partial charge in [-0.1, -0.05) is 47.5 Å². The van der Waals surface area contributed by atoms with Crippen LogP contribution in [0.2, 0.25) is 10.0 Å². The number of nitrogens with zero attached hydrogens (tertiary/aromatic N) is 1. The number of sulfone groups is 1. The van der Waals surface area contributed by atoms with Gasteiger partial charge in [-0.25, -0.2) is 13.2 Å². The Hall–Kier alpha value is -3.18. The number of carbonyl (C=O) groups excluding carboxylic acids is 1. The average molecular weight is 608 g/mol. The zero-order valence-electron chi connectivity index (χ0n) is 20.9. The van der Waals surface area contributed by atoms with Crippen LogP contribution in [0.15, 0.2) is 59.5 Å². The van der Waals surface area contributed by atoms with Crippen LogP contribution in [0.1, 0.15) is 27.2 Å². The van der Waals surface area contributed by atoms with E-state index in [1.165, 1.54) is 18.2 Å². The molecule has 39 heavy (non-hydrogen) atoms. The summed E-state index contributed by atoms with van der Waals surface area (Å²) in [5.74, 6) is -1.29. The number of amides is 1. The van der Waals surface area contributed by atoms with E-state index in [0.29, 0.717) is 23.1 Å². The minimum absolute atomic E-state index is 0.0510. The molecule has 0 unspecified atom stereocenters. The molecule has 0 saturated heterocycles. The Morgan fingerprint density at radius 3 is 2.49 bits per heavy atom. The standard InChI is InChI=1S/C27H24Cl2N2O6S2/c1-37-17-7-3-5-15(11-17)9-10-21-19-14-20(28)23(24(29)25(19)38-31-21)26(32)30-22(27(33)34)13-16-6-4-8-18(12-16)39(2,35)36/h3-8,11-12,14,22H,9-10,13H2,1-2H3,(H,30,32)(H,33,34)/t22-/m0/s1. The van der Waals surface area contributed by atoms with E-state index in [9.17, 15) is 23.1 Å². The maximum absolute atomic E-state index is 13.2. The van der Waals surface area contributed by atoms with Gasteiger partial charge in [0.05, 0.1) is 38.0 Å². The number of carbonyl (C=O) groups is 2. The molecule has 12 heteroatoms. The predicted molar refractivity (Wildman–Crippen MR) is 152 cm³/mol. The van der Waals surface area contributed by atoms with Crippen molar-refractivity contribution in [2.75, 3.05) is 13.4 Å². The minimum Gasteiger partial charge on any atom is -0.497 e. The largest absolute Gasteiger partial charge is 0.497 e. The molecule has 8 nitrogen and oxygen atoms in total. The van der Waals surface area contributed by atoms with Crippen molar-refractivity contribution >= 4 is 66.5 Å². The highest BCUT2D eigenvalue weighted by Crippen LogP contribution is 2.37. The van der Waals surface area contributed by atoms with Crippen molar-refractivity contribution in [2.45, 2.75) is 30.2 Å². The predicted octanol–water partition coefficient (Wildman–Crippen LogP) is 5.23. The van der Waals surface area contributed by atoms with Crippen LogP contribution in [-0.4, -0.2) is 49.2 Å². The van der Waals surface area contributed by atoms with E-state index >= 15 is 0 Å². The molecule has 1 heterocycles. The highest BCUT2D eigenvalue weighted by atomic mass is 35.5. The summed E-state index contributed by atoms with van der Waals surface area (Å²) in [4.78, 5) is 25.2. The molecular formula is C27H24Cl2N2O6S2. The number of methoxy groups -OCH3 is 1.